The molecule has 5 rings (SSSR count). The van der Waals surface area contributed by atoms with E-state index in [0.29, 0.717) is 34.2 Å². The van der Waals surface area contributed by atoms with Crippen molar-refractivity contribution in [3.63, 3.8) is 0 Å². The molecule has 2 unspecified atom stereocenters. The lowest BCUT2D eigenvalue weighted by Gasteiger charge is -2.38. The van der Waals surface area contributed by atoms with Crippen molar-refractivity contribution in [3.8, 4) is 17.0 Å². The number of anilines is 1. The number of halogens is 1. The summed E-state index contributed by atoms with van der Waals surface area (Å²) in [6.45, 7) is 0. The van der Waals surface area contributed by atoms with E-state index in [4.69, 9.17) is 0 Å². The van der Waals surface area contributed by atoms with Crippen LogP contribution in [0.25, 0.3) is 22.3 Å². The number of aromatic nitrogens is 4. The van der Waals surface area contributed by atoms with Crippen molar-refractivity contribution in [2.24, 2.45) is 0 Å². The molecule has 2 aliphatic heterocycles. The molecule has 0 amide bonds. The van der Waals surface area contributed by atoms with Crippen LogP contribution in [0.2, 0.25) is 0 Å². The largest absolute Gasteiger partial charge is 0.505 e. The Morgan fingerprint density at radius 1 is 1.11 bits per heavy atom. The average molecular weight is 380 g/mol. The summed E-state index contributed by atoms with van der Waals surface area (Å²) in [4.78, 5) is 19.2. The number of aromatic hydroxyl groups is 1. The van der Waals surface area contributed by atoms with E-state index < -0.39 is 6.17 Å². The second-order valence-electron chi connectivity index (χ2n) is 7.55. The van der Waals surface area contributed by atoms with Crippen molar-refractivity contribution in [3.05, 3.63) is 36.9 Å². The van der Waals surface area contributed by atoms with Crippen molar-refractivity contribution in [1.29, 1.82) is 0 Å². The molecule has 0 saturated carbocycles. The van der Waals surface area contributed by atoms with E-state index in [1.165, 1.54) is 6.20 Å². The second kappa shape index (κ2) is 6.63. The lowest BCUT2D eigenvalue weighted by atomic mass is 9.96. The summed E-state index contributed by atoms with van der Waals surface area (Å²) in [6.07, 6.45) is 8.12. The van der Waals surface area contributed by atoms with Crippen molar-refractivity contribution in [1.82, 2.24) is 25.3 Å². The highest BCUT2D eigenvalue weighted by Crippen LogP contribution is 2.35. The van der Waals surface area contributed by atoms with Gasteiger partial charge in [-0.15, -0.1) is 0 Å². The van der Waals surface area contributed by atoms with E-state index in [1.54, 1.807) is 30.7 Å². The number of phenolic OH excluding ortho intramolecular Hbond substituents is 1. The number of benzene rings is 1. The Morgan fingerprint density at radius 3 is 2.79 bits per heavy atom. The fourth-order valence-corrected chi connectivity index (χ4v) is 4.39. The molecule has 8 heteroatoms. The van der Waals surface area contributed by atoms with Crippen LogP contribution >= 0.6 is 0 Å². The van der Waals surface area contributed by atoms with E-state index in [1.807, 2.05) is 11.9 Å². The summed E-state index contributed by atoms with van der Waals surface area (Å²) in [5.41, 5.74) is 2.11. The van der Waals surface area contributed by atoms with Crippen LogP contribution in [0.4, 0.5) is 10.2 Å². The van der Waals surface area contributed by atoms with Crippen LogP contribution in [0, 0.1) is 0 Å². The monoisotopic (exact) mass is 380 g/mol. The van der Waals surface area contributed by atoms with Gasteiger partial charge in [-0.25, -0.2) is 14.4 Å². The number of alkyl halides is 1. The molecule has 3 aromatic rings. The summed E-state index contributed by atoms with van der Waals surface area (Å²) in [5, 5.41) is 13.9. The van der Waals surface area contributed by atoms with Crippen LogP contribution in [0.1, 0.15) is 19.3 Å². The number of nitrogens with zero attached hydrogens (tertiary/aromatic N) is 5. The minimum Gasteiger partial charge on any atom is -0.505 e. The number of phenols is 1. The van der Waals surface area contributed by atoms with E-state index in [-0.39, 0.29) is 17.8 Å². The summed E-state index contributed by atoms with van der Waals surface area (Å²) >= 11 is 0. The first-order chi connectivity index (χ1) is 13.6. The minimum atomic E-state index is -0.923. The highest BCUT2D eigenvalue weighted by molar-refractivity contribution is 5.88. The molecule has 0 aliphatic carbocycles. The molecule has 144 valence electrons. The van der Waals surface area contributed by atoms with Gasteiger partial charge in [0.1, 0.15) is 17.5 Å². The minimum absolute atomic E-state index is 0.0276. The summed E-state index contributed by atoms with van der Waals surface area (Å²) in [7, 11) is 1.87. The van der Waals surface area contributed by atoms with Gasteiger partial charge < -0.3 is 15.3 Å². The van der Waals surface area contributed by atoms with Crippen LogP contribution in [-0.2, 0) is 0 Å². The average Bonchev–Trinajstić information content (AvgIpc) is 3.14. The summed E-state index contributed by atoms with van der Waals surface area (Å²) in [5.74, 6) is 0.650. The lowest BCUT2D eigenvalue weighted by molar-refractivity contribution is 0.176. The highest BCUT2D eigenvalue weighted by atomic mass is 19.1. The predicted molar refractivity (Wildman–Crippen MR) is 104 cm³/mol. The molecule has 2 bridgehead atoms. The van der Waals surface area contributed by atoms with Gasteiger partial charge in [0, 0.05) is 37.1 Å². The molecule has 2 aromatic heterocycles. The number of piperidine rings is 1. The van der Waals surface area contributed by atoms with Crippen LogP contribution in [0.15, 0.2) is 36.9 Å². The van der Waals surface area contributed by atoms with Crippen molar-refractivity contribution in [2.45, 2.75) is 43.6 Å². The van der Waals surface area contributed by atoms with Gasteiger partial charge in [0.25, 0.3) is 0 Å². The molecule has 4 atom stereocenters. The van der Waals surface area contributed by atoms with Crippen LogP contribution < -0.4 is 10.2 Å². The van der Waals surface area contributed by atoms with E-state index in [9.17, 15) is 9.50 Å². The SMILES string of the molecule is CN(c1cnc(-c2ccc3nccnc3c2O)cn1)[C@H]1CC2CCC(N2)[C@H]1F. The fraction of sp³-hybridized carbons (Fsp3) is 0.400. The Labute approximate surface area is 161 Å². The first-order valence-electron chi connectivity index (χ1n) is 9.50. The molecule has 0 radical (unpaired) electrons. The quantitative estimate of drug-likeness (QED) is 0.722. The van der Waals surface area contributed by atoms with Gasteiger partial charge in [-0.3, -0.25) is 9.97 Å². The van der Waals surface area contributed by atoms with Crippen LogP contribution in [0.5, 0.6) is 5.75 Å². The molecule has 1 aromatic carbocycles. The normalized spacial score (nSPS) is 26.5. The Hall–Kier alpha value is -2.87. The van der Waals surface area contributed by atoms with Gasteiger partial charge in [0.15, 0.2) is 5.75 Å². The third kappa shape index (κ3) is 2.75. The van der Waals surface area contributed by atoms with Gasteiger partial charge >= 0.3 is 0 Å². The molecular weight excluding hydrogens is 359 g/mol. The Bertz CT molecular complexity index is 1010. The van der Waals surface area contributed by atoms with Gasteiger partial charge in [-0.05, 0) is 31.4 Å². The topological polar surface area (TPSA) is 87.1 Å². The molecule has 7 nitrogen and oxygen atoms in total. The number of fused-ring (bicyclic) bond motifs is 3. The second-order valence-corrected chi connectivity index (χ2v) is 7.55. The molecule has 4 heterocycles. The van der Waals surface area contributed by atoms with Gasteiger partial charge in [0.05, 0.1) is 29.6 Å². The summed E-state index contributed by atoms with van der Waals surface area (Å²) in [6, 6.07) is 3.66. The number of nitrogens with one attached hydrogen (secondary N) is 1. The van der Waals surface area contributed by atoms with Crippen molar-refractivity contribution >= 4 is 16.9 Å². The summed E-state index contributed by atoms with van der Waals surface area (Å²) < 4.78 is 14.8. The molecule has 2 aliphatic rings. The molecule has 2 saturated heterocycles. The maximum Gasteiger partial charge on any atom is 0.152 e. The van der Waals surface area contributed by atoms with Gasteiger partial charge in [0.2, 0.25) is 0 Å². The van der Waals surface area contributed by atoms with Gasteiger partial charge in [-0.1, -0.05) is 0 Å². The zero-order chi connectivity index (χ0) is 19.3. The fourth-order valence-electron chi connectivity index (χ4n) is 4.39. The van der Waals surface area contributed by atoms with E-state index in [0.717, 1.165) is 19.3 Å². The zero-order valence-electron chi connectivity index (χ0n) is 15.5. The number of rotatable bonds is 3. The van der Waals surface area contributed by atoms with Crippen LogP contribution in [-0.4, -0.2) is 56.4 Å². The maximum absolute atomic E-state index is 14.8. The van der Waals surface area contributed by atoms with Crippen molar-refractivity contribution < 1.29 is 9.50 Å². The standard InChI is InChI=1S/C20H21FN6O/c1-27(16-8-11-2-4-13(26-11)18(16)21)17-10-24-15(9-25-17)12-3-5-14-19(20(12)28)23-7-6-22-14/h3,5-7,9-11,13,16,18,26,28H,2,4,8H2,1H3/t11?,13?,16-,18+/m0/s1. The first-order valence-corrected chi connectivity index (χ1v) is 9.50. The first kappa shape index (κ1) is 17.2. The maximum atomic E-state index is 14.8. The lowest BCUT2D eigenvalue weighted by Crippen LogP contribution is -2.55. The van der Waals surface area contributed by atoms with Gasteiger partial charge in [-0.2, -0.15) is 0 Å². The molecule has 2 N–H and O–H groups in total. The molecule has 28 heavy (non-hydrogen) atoms. The zero-order valence-corrected chi connectivity index (χ0v) is 15.5. The Balaban J connectivity index is 1.42. The number of hydrogen-bond acceptors (Lipinski definition) is 7. The van der Waals surface area contributed by atoms with E-state index in [2.05, 4.69) is 25.3 Å². The third-order valence-electron chi connectivity index (χ3n) is 5.94. The van der Waals surface area contributed by atoms with Crippen LogP contribution in [0.3, 0.4) is 0 Å². The Morgan fingerprint density at radius 2 is 1.96 bits per heavy atom. The highest BCUT2D eigenvalue weighted by Gasteiger charge is 2.43. The predicted octanol–water partition coefficient (Wildman–Crippen LogP) is 2.46. The molecule has 2 fully saturated rings. The third-order valence-corrected chi connectivity index (χ3v) is 5.94. The molecule has 0 spiro atoms. The van der Waals surface area contributed by atoms with E-state index >= 15 is 0 Å². The van der Waals surface area contributed by atoms with Crippen molar-refractivity contribution in [2.75, 3.05) is 11.9 Å². The molecular formula is C20H21FN6O. The number of hydrogen-bond donors (Lipinski definition) is 2. The smallest absolute Gasteiger partial charge is 0.152 e. The Kier molecular flexibility index (Phi) is 4.08.